The molecule has 0 aromatic heterocycles. The first-order valence-corrected chi connectivity index (χ1v) is 5.32. The molecule has 4 heteroatoms. The lowest BCUT2D eigenvalue weighted by atomic mass is 9.87. The number of halogens is 3. The summed E-state index contributed by atoms with van der Waals surface area (Å²) in [5, 5.41) is 2.59. The van der Waals surface area contributed by atoms with Gasteiger partial charge in [0.05, 0.1) is 0 Å². The Morgan fingerprint density at radius 2 is 1.53 bits per heavy atom. The zero-order valence-electron chi connectivity index (χ0n) is 10.2. The first-order chi connectivity index (χ1) is 6.52. The van der Waals surface area contributed by atoms with Gasteiger partial charge in [-0.15, -0.1) is 0 Å². The lowest BCUT2D eigenvalue weighted by molar-refractivity contribution is -0.162. The third kappa shape index (κ3) is 7.65. The maximum absolute atomic E-state index is 12.6. The van der Waals surface area contributed by atoms with E-state index >= 15 is 0 Å². The van der Waals surface area contributed by atoms with E-state index in [2.05, 4.69) is 5.32 Å². The van der Waals surface area contributed by atoms with Crippen LogP contribution in [-0.4, -0.2) is 18.8 Å². The van der Waals surface area contributed by atoms with Gasteiger partial charge >= 0.3 is 6.18 Å². The molecule has 92 valence electrons. The topological polar surface area (TPSA) is 12.0 Å². The molecule has 0 saturated carbocycles. The predicted octanol–water partition coefficient (Wildman–Crippen LogP) is 3.60. The van der Waals surface area contributed by atoms with Crippen LogP contribution in [0.5, 0.6) is 0 Å². The molecule has 0 rings (SSSR count). The van der Waals surface area contributed by atoms with Gasteiger partial charge in [-0.2, -0.15) is 13.2 Å². The summed E-state index contributed by atoms with van der Waals surface area (Å²) < 4.78 is 37.9. The fourth-order valence-electron chi connectivity index (χ4n) is 1.29. The molecule has 0 bridgehead atoms. The van der Waals surface area contributed by atoms with Gasteiger partial charge in [0.2, 0.25) is 0 Å². The van der Waals surface area contributed by atoms with Crippen molar-refractivity contribution in [2.24, 2.45) is 11.3 Å². The molecule has 0 aliphatic heterocycles. The van der Waals surface area contributed by atoms with E-state index in [0.29, 0.717) is 6.54 Å². The highest BCUT2D eigenvalue weighted by atomic mass is 19.4. The van der Waals surface area contributed by atoms with Crippen molar-refractivity contribution in [2.45, 2.75) is 53.3 Å². The van der Waals surface area contributed by atoms with Crippen molar-refractivity contribution < 1.29 is 13.2 Å². The van der Waals surface area contributed by atoms with Gasteiger partial charge < -0.3 is 5.32 Å². The van der Waals surface area contributed by atoms with Crippen LogP contribution in [0.4, 0.5) is 13.2 Å². The fourth-order valence-corrected chi connectivity index (χ4v) is 1.29. The first kappa shape index (κ1) is 14.8. The van der Waals surface area contributed by atoms with E-state index in [4.69, 9.17) is 0 Å². The average Bonchev–Trinajstić information content (AvgIpc) is 1.93. The zero-order valence-corrected chi connectivity index (χ0v) is 10.2. The summed E-state index contributed by atoms with van der Waals surface area (Å²) in [5.41, 5.74) is -0.315. The van der Waals surface area contributed by atoms with Gasteiger partial charge in [0.1, 0.15) is 6.04 Å². The fraction of sp³-hybridized carbons (Fsp3) is 1.00. The van der Waals surface area contributed by atoms with Gasteiger partial charge in [-0.1, -0.05) is 34.6 Å². The average molecular weight is 225 g/mol. The normalized spacial score (nSPS) is 15.8. The second kappa shape index (κ2) is 5.19. The second-order valence-electron chi connectivity index (χ2n) is 5.66. The van der Waals surface area contributed by atoms with Crippen LogP contribution in [0.2, 0.25) is 0 Å². The Hall–Kier alpha value is -0.250. The summed E-state index contributed by atoms with van der Waals surface area (Å²) in [6, 6.07) is -1.39. The predicted molar refractivity (Wildman–Crippen MR) is 56.8 cm³/mol. The van der Waals surface area contributed by atoms with Crippen molar-refractivity contribution in [1.29, 1.82) is 0 Å². The van der Waals surface area contributed by atoms with Gasteiger partial charge in [0.25, 0.3) is 0 Å². The summed E-state index contributed by atoms with van der Waals surface area (Å²) in [5.74, 6) is 0.231. The van der Waals surface area contributed by atoms with Crippen LogP contribution in [-0.2, 0) is 0 Å². The molecular weight excluding hydrogens is 203 g/mol. The van der Waals surface area contributed by atoms with Crippen LogP contribution in [0.3, 0.4) is 0 Å². The zero-order chi connectivity index (χ0) is 12.3. The summed E-state index contributed by atoms with van der Waals surface area (Å²) >= 11 is 0. The van der Waals surface area contributed by atoms with Gasteiger partial charge in [-0.3, -0.25) is 0 Å². The first-order valence-electron chi connectivity index (χ1n) is 5.32. The van der Waals surface area contributed by atoms with E-state index in [0.717, 1.165) is 0 Å². The maximum Gasteiger partial charge on any atom is 0.403 e. The lowest BCUT2D eigenvalue weighted by Crippen LogP contribution is -2.45. The number of nitrogens with one attached hydrogen (secondary N) is 1. The minimum absolute atomic E-state index is 0.114. The molecule has 1 unspecified atom stereocenters. The van der Waals surface area contributed by atoms with Crippen LogP contribution in [0.15, 0.2) is 0 Å². The minimum Gasteiger partial charge on any atom is -0.306 e. The number of rotatable bonds is 4. The molecule has 0 heterocycles. The Balaban J connectivity index is 4.34. The summed E-state index contributed by atoms with van der Waals surface area (Å²) in [6.45, 7) is 9.67. The Bertz CT molecular complexity index is 179. The lowest BCUT2D eigenvalue weighted by Gasteiger charge is -2.29. The second-order valence-corrected chi connectivity index (χ2v) is 5.66. The number of hydrogen-bond donors (Lipinski definition) is 1. The highest BCUT2D eigenvalue weighted by Crippen LogP contribution is 2.30. The van der Waals surface area contributed by atoms with Gasteiger partial charge in [0.15, 0.2) is 0 Å². The quantitative estimate of drug-likeness (QED) is 0.770. The van der Waals surface area contributed by atoms with E-state index in [1.165, 1.54) is 0 Å². The van der Waals surface area contributed by atoms with Crippen LogP contribution in [0.1, 0.15) is 41.0 Å². The molecule has 15 heavy (non-hydrogen) atoms. The molecule has 1 nitrogen and oxygen atoms in total. The molecule has 0 radical (unpaired) electrons. The van der Waals surface area contributed by atoms with Crippen LogP contribution in [0.25, 0.3) is 0 Å². The Labute approximate surface area is 90.4 Å². The SMILES string of the molecule is CC(C)CNC(CC(C)(C)C)C(F)(F)F. The Kier molecular flexibility index (Phi) is 5.10. The molecule has 0 spiro atoms. The highest BCUT2D eigenvalue weighted by molar-refractivity contribution is 4.80. The summed E-state index contributed by atoms with van der Waals surface area (Å²) in [7, 11) is 0. The molecule has 0 amide bonds. The van der Waals surface area contributed by atoms with Gasteiger partial charge in [-0.05, 0) is 24.3 Å². The summed E-state index contributed by atoms with van der Waals surface area (Å²) in [6.07, 6.45) is -4.04. The van der Waals surface area contributed by atoms with E-state index in [1.54, 1.807) is 0 Å². The molecule has 0 aromatic carbocycles. The molecule has 0 aromatic rings. The molecule has 0 fully saturated rings. The third-order valence-corrected chi connectivity index (χ3v) is 1.98. The molecule has 1 N–H and O–H groups in total. The van der Waals surface area contributed by atoms with Crippen molar-refractivity contribution >= 4 is 0 Å². The van der Waals surface area contributed by atoms with Crippen LogP contribution >= 0.6 is 0 Å². The molecule has 0 saturated heterocycles. The molecular formula is C11H22F3N. The van der Waals surface area contributed by atoms with Crippen molar-refractivity contribution in [2.75, 3.05) is 6.54 Å². The van der Waals surface area contributed by atoms with E-state index in [9.17, 15) is 13.2 Å². The van der Waals surface area contributed by atoms with E-state index in [1.807, 2.05) is 34.6 Å². The smallest absolute Gasteiger partial charge is 0.306 e. The Morgan fingerprint density at radius 1 is 1.07 bits per heavy atom. The van der Waals surface area contributed by atoms with Crippen LogP contribution < -0.4 is 5.32 Å². The molecule has 0 aliphatic carbocycles. The molecule has 0 aliphatic rings. The number of hydrogen-bond acceptors (Lipinski definition) is 1. The van der Waals surface area contributed by atoms with Crippen molar-refractivity contribution in [1.82, 2.24) is 5.32 Å². The monoisotopic (exact) mass is 225 g/mol. The Morgan fingerprint density at radius 3 is 1.80 bits per heavy atom. The summed E-state index contributed by atoms with van der Waals surface area (Å²) in [4.78, 5) is 0. The third-order valence-electron chi connectivity index (χ3n) is 1.98. The minimum atomic E-state index is -4.15. The van der Waals surface area contributed by atoms with Crippen molar-refractivity contribution in [3.8, 4) is 0 Å². The van der Waals surface area contributed by atoms with Gasteiger partial charge in [-0.25, -0.2) is 0 Å². The van der Waals surface area contributed by atoms with E-state index in [-0.39, 0.29) is 17.8 Å². The van der Waals surface area contributed by atoms with Gasteiger partial charge in [0, 0.05) is 0 Å². The number of alkyl halides is 3. The van der Waals surface area contributed by atoms with Crippen molar-refractivity contribution in [3.05, 3.63) is 0 Å². The van der Waals surface area contributed by atoms with E-state index < -0.39 is 12.2 Å². The van der Waals surface area contributed by atoms with Crippen LogP contribution in [0, 0.1) is 11.3 Å². The standard InChI is InChI=1S/C11H22F3N/c1-8(2)7-15-9(11(12,13)14)6-10(3,4)5/h8-9,15H,6-7H2,1-5H3. The maximum atomic E-state index is 12.6. The highest BCUT2D eigenvalue weighted by Gasteiger charge is 2.41. The molecule has 1 atom stereocenters. The largest absolute Gasteiger partial charge is 0.403 e. The van der Waals surface area contributed by atoms with Crippen molar-refractivity contribution in [3.63, 3.8) is 0 Å².